The topological polar surface area (TPSA) is 72.0 Å². The molecular formula is C13H8F4N2O3. The van der Waals surface area contributed by atoms with Crippen molar-refractivity contribution < 1.29 is 27.1 Å². The van der Waals surface area contributed by atoms with Crippen molar-refractivity contribution >= 4 is 23.1 Å². The van der Waals surface area contributed by atoms with Crippen LogP contribution in [0.3, 0.4) is 0 Å². The van der Waals surface area contributed by atoms with Gasteiger partial charge in [0.15, 0.2) is 5.82 Å². The van der Waals surface area contributed by atoms with Crippen LogP contribution in [0.15, 0.2) is 17.6 Å². The number of hydrogen-bond acceptors (Lipinski definition) is 4. The molecule has 0 spiro atoms. The number of rotatable bonds is 2. The molecule has 9 heteroatoms. The Labute approximate surface area is 120 Å². The van der Waals surface area contributed by atoms with Crippen LogP contribution in [0.25, 0.3) is 17.1 Å². The van der Waals surface area contributed by atoms with E-state index in [2.05, 4.69) is 16.3 Å². The monoisotopic (exact) mass is 316 g/mol. The van der Waals surface area contributed by atoms with Crippen molar-refractivity contribution in [2.45, 2.75) is 6.18 Å². The molecule has 0 fully saturated rings. The third kappa shape index (κ3) is 2.34. The molecule has 0 aliphatic heterocycles. The van der Waals surface area contributed by atoms with E-state index in [-0.39, 0.29) is 0 Å². The van der Waals surface area contributed by atoms with Crippen molar-refractivity contribution in [2.24, 2.45) is 0 Å². The maximum Gasteiger partial charge on any atom is 0.422 e. The lowest BCUT2D eigenvalue weighted by atomic mass is 10.1. The summed E-state index contributed by atoms with van der Waals surface area (Å²) in [5, 5.41) is 0. The fourth-order valence-corrected chi connectivity index (χ4v) is 1.96. The Morgan fingerprint density at radius 1 is 1.45 bits per heavy atom. The highest BCUT2D eigenvalue weighted by Crippen LogP contribution is 2.33. The highest BCUT2D eigenvalue weighted by atomic mass is 19.4. The minimum absolute atomic E-state index is 0.466. The van der Waals surface area contributed by atoms with Gasteiger partial charge in [0, 0.05) is 11.8 Å². The first-order chi connectivity index (χ1) is 10.2. The first-order valence-electron chi connectivity index (χ1n) is 5.74. The molecule has 2 rings (SSSR count). The lowest BCUT2D eigenvalue weighted by Gasteiger charge is -2.12. The van der Waals surface area contributed by atoms with Crippen LogP contribution < -0.4 is 5.56 Å². The maximum absolute atomic E-state index is 14.2. The van der Waals surface area contributed by atoms with Crippen LogP contribution in [0.5, 0.6) is 0 Å². The third-order valence-electron chi connectivity index (χ3n) is 2.90. The van der Waals surface area contributed by atoms with Gasteiger partial charge in [-0.15, -0.1) is 0 Å². The molecule has 0 amide bonds. The Morgan fingerprint density at radius 3 is 2.59 bits per heavy atom. The normalized spacial score (nSPS) is 11.5. The van der Waals surface area contributed by atoms with Crippen molar-refractivity contribution in [3.8, 4) is 0 Å². The second-order valence-electron chi connectivity index (χ2n) is 4.15. The van der Waals surface area contributed by atoms with E-state index in [4.69, 9.17) is 0 Å². The molecule has 2 heterocycles. The second kappa shape index (κ2) is 5.24. The summed E-state index contributed by atoms with van der Waals surface area (Å²) >= 11 is 0. The number of fused-ring (bicyclic) bond motifs is 1. The van der Waals surface area contributed by atoms with Crippen LogP contribution in [-0.4, -0.2) is 23.0 Å². The fourth-order valence-electron chi connectivity index (χ4n) is 1.96. The molecule has 1 N–H and O–H groups in total. The van der Waals surface area contributed by atoms with Crippen LogP contribution in [0.4, 0.5) is 17.6 Å². The molecular weight excluding hydrogens is 308 g/mol. The number of nitrogens with one attached hydrogen (secondary N) is 1. The molecule has 22 heavy (non-hydrogen) atoms. The number of nitrogens with zero attached hydrogens (tertiary/aromatic N) is 1. The number of halogens is 4. The molecule has 5 nitrogen and oxygen atoms in total. The highest BCUT2D eigenvalue weighted by molar-refractivity contribution is 5.95. The third-order valence-corrected chi connectivity index (χ3v) is 2.90. The number of pyridine rings is 2. The number of aromatic amines is 1. The van der Waals surface area contributed by atoms with Crippen LogP contribution >= 0.6 is 0 Å². The van der Waals surface area contributed by atoms with E-state index < -0.39 is 51.2 Å². The summed E-state index contributed by atoms with van der Waals surface area (Å²) in [6.07, 6.45) is -3.48. The standard InChI is InChI=1S/C13H8F4N2O3/c1-3-5-7(13(15,16)17)11(20)19-10-8(14)6(12(21)22-2)4-18-9(5)10/h3-4H,1H2,2H3,(H,19,20). The summed E-state index contributed by atoms with van der Waals surface area (Å²) in [7, 11) is 0.997. The summed E-state index contributed by atoms with van der Waals surface area (Å²) in [5.41, 5.74) is -5.46. The Hall–Kier alpha value is -2.71. The summed E-state index contributed by atoms with van der Waals surface area (Å²) in [4.78, 5) is 28.4. The van der Waals surface area contributed by atoms with Gasteiger partial charge in [-0.1, -0.05) is 12.7 Å². The van der Waals surface area contributed by atoms with Gasteiger partial charge < -0.3 is 9.72 Å². The molecule has 0 aliphatic carbocycles. The summed E-state index contributed by atoms with van der Waals surface area (Å²) in [6, 6.07) is 0. The number of alkyl halides is 3. The zero-order valence-corrected chi connectivity index (χ0v) is 11.0. The van der Waals surface area contributed by atoms with Gasteiger partial charge in [0.2, 0.25) is 0 Å². The number of esters is 1. The van der Waals surface area contributed by atoms with Gasteiger partial charge in [0.25, 0.3) is 5.56 Å². The molecule has 2 aromatic rings. The molecule has 116 valence electrons. The molecule has 0 aromatic carbocycles. The molecule has 0 unspecified atom stereocenters. The van der Waals surface area contributed by atoms with Crippen molar-refractivity contribution in [1.29, 1.82) is 0 Å². The SMILES string of the molecule is C=Cc1c(C(F)(F)F)c(=O)[nH]c2c(F)c(C(=O)OC)cnc12. The average Bonchev–Trinajstić information content (AvgIpc) is 2.44. The van der Waals surface area contributed by atoms with Crippen molar-refractivity contribution in [3.05, 3.63) is 45.6 Å². The number of ether oxygens (including phenoxy) is 1. The lowest BCUT2D eigenvalue weighted by molar-refractivity contribution is -0.138. The average molecular weight is 316 g/mol. The summed E-state index contributed by atoms with van der Waals surface area (Å²) < 4.78 is 57.3. The number of hydrogen-bond donors (Lipinski definition) is 1. The van der Waals surface area contributed by atoms with E-state index in [9.17, 15) is 27.2 Å². The minimum Gasteiger partial charge on any atom is -0.465 e. The number of carbonyl (C=O) groups is 1. The molecule has 0 radical (unpaired) electrons. The van der Waals surface area contributed by atoms with Crippen LogP contribution in [0, 0.1) is 5.82 Å². The first kappa shape index (κ1) is 15.7. The van der Waals surface area contributed by atoms with E-state index in [1.807, 2.05) is 0 Å². The Kier molecular flexibility index (Phi) is 3.74. The second-order valence-corrected chi connectivity index (χ2v) is 4.15. The smallest absolute Gasteiger partial charge is 0.422 e. The van der Waals surface area contributed by atoms with E-state index >= 15 is 0 Å². The van der Waals surface area contributed by atoms with E-state index in [0.29, 0.717) is 0 Å². The number of carbonyl (C=O) groups excluding carboxylic acids is 1. The zero-order valence-electron chi connectivity index (χ0n) is 11.0. The van der Waals surface area contributed by atoms with E-state index in [0.717, 1.165) is 19.4 Å². The number of aromatic nitrogens is 2. The van der Waals surface area contributed by atoms with Gasteiger partial charge in [0.05, 0.1) is 12.6 Å². The van der Waals surface area contributed by atoms with Crippen molar-refractivity contribution in [1.82, 2.24) is 9.97 Å². The fraction of sp³-hybridized carbons (Fsp3) is 0.154. The van der Waals surface area contributed by atoms with Gasteiger partial charge in [0.1, 0.15) is 16.6 Å². The Bertz CT molecular complexity index is 840. The highest BCUT2D eigenvalue weighted by Gasteiger charge is 2.38. The molecule has 0 bridgehead atoms. The summed E-state index contributed by atoms with van der Waals surface area (Å²) in [6.45, 7) is 3.19. The number of H-pyrrole nitrogens is 1. The van der Waals surface area contributed by atoms with Gasteiger partial charge in [-0.3, -0.25) is 9.78 Å². The molecule has 0 atom stereocenters. The predicted molar refractivity (Wildman–Crippen MR) is 68.8 cm³/mol. The molecule has 2 aromatic heterocycles. The maximum atomic E-state index is 14.2. The van der Waals surface area contributed by atoms with Crippen LogP contribution in [0.2, 0.25) is 0 Å². The van der Waals surface area contributed by atoms with Crippen molar-refractivity contribution in [2.75, 3.05) is 7.11 Å². The predicted octanol–water partition coefficient (Wildman–Crippen LogP) is 2.51. The van der Waals surface area contributed by atoms with E-state index in [1.165, 1.54) is 0 Å². The van der Waals surface area contributed by atoms with Crippen molar-refractivity contribution in [3.63, 3.8) is 0 Å². The molecule has 0 saturated heterocycles. The molecule has 0 aliphatic rings. The number of methoxy groups -OCH3 is 1. The van der Waals surface area contributed by atoms with Crippen LogP contribution in [0.1, 0.15) is 21.5 Å². The first-order valence-corrected chi connectivity index (χ1v) is 5.74. The largest absolute Gasteiger partial charge is 0.465 e. The zero-order chi connectivity index (χ0) is 16.7. The van der Waals surface area contributed by atoms with Crippen LogP contribution in [-0.2, 0) is 10.9 Å². The minimum atomic E-state index is -4.97. The van der Waals surface area contributed by atoms with E-state index in [1.54, 1.807) is 4.98 Å². The quantitative estimate of drug-likeness (QED) is 0.682. The Balaban J connectivity index is 2.95. The van der Waals surface area contributed by atoms with Gasteiger partial charge in [-0.05, 0) is 0 Å². The van der Waals surface area contributed by atoms with Gasteiger partial charge in [-0.2, -0.15) is 13.2 Å². The van der Waals surface area contributed by atoms with Gasteiger partial charge >= 0.3 is 12.1 Å². The lowest BCUT2D eigenvalue weighted by Crippen LogP contribution is -2.24. The molecule has 0 saturated carbocycles. The summed E-state index contributed by atoms with van der Waals surface area (Å²) in [5.74, 6) is -2.31. The van der Waals surface area contributed by atoms with Gasteiger partial charge in [-0.25, -0.2) is 9.18 Å². The Morgan fingerprint density at radius 2 is 2.09 bits per heavy atom.